The van der Waals surface area contributed by atoms with Crippen LogP contribution in [0.1, 0.15) is 31.9 Å². The molecule has 0 aliphatic carbocycles. The molecule has 5 heteroatoms. The summed E-state index contributed by atoms with van der Waals surface area (Å²) in [5.74, 6) is 0.0983. The van der Waals surface area contributed by atoms with Crippen LogP contribution < -0.4 is 5.73 Å². The van der Waals surface area contributed by atoms with Crippen LogP contribution in [0.4, 0.5) is 0 Å². The highest BCUT2D eigenvalue weighted by Crippen LogP contribution is 2.30. The minimum Gasteiger partial charge on any atom is -0.348 e. The van der Waals surface area contributed by atoms with Crippen LogP contribution in [0.3, 0.4) is 0 Å². The maximum atomic E-state index is 12.1. The normalized spacial score (nSPS) is 14.0. The fourth-order valence-corrected chi connectivity index (χ4v) is 2.97. The van der Waals surface area contributed by atoms with Gasteiger partial charge in [-0.05, 0) is 31.5 Å². The third kappa shape index (κ3) is 5.09. The fourth-order valence-electron chi connectivity index (χ4n) is 2.45. The number of halogens is 1. The molecule has 1 amide bonds. The van der Waals surface area contributed by atoms with Gasteiger partial charge in [0.25, 0.3) is 0 Å². The quantitative estimate of drug-likeness (QED) is 0.817. The van der Waals surface area contributed by atoms with Crippen LogP contribution >= 0.6 is 15.9 Å². The molecule has 0 radical (unpaired) electrons. The molecule has 1 aromatic carbocycles. The van der Waals surface area contributed by atoms with Crippen molar-refractivity contribution in [3.05, 3.63) is 34.3 Å². The van der Waals surface area contributed by atoms with Crippen LogP contribution in [-0.2, 0) is 4.79 Å². The smallest absolute Gasteiger partial charge is 0.236 e. The van der Waals surface area contributed by atoms with Crippen molar-refractivity contribution >= 4 is 21.8 Å². The molecule has 0 saturated carbocycles. The predicted molar refractivity (Wildman–Crippen MR) is 91.1 cm³/mol. The van der Waals surface area contributed by atoms with Crippen LogP contribution in [0.15, 0.2) is 28.7 Å². The molecule has 4 nitrogen and oxygen atoms in total. The lowest BCUT2D eigenvalue weighted by molar-refractivity contribution is -0.130. The Labute approximate surface area is 136 Å². The Kier molecular flexibility index (Phi) is 7.35. The number of nitrogens with zero attached hydrogens (tertiary/aromatic N) is 2. The summed E-state index contributed by atoms with van der Waals surface area (Å²) in [6.07, 6.45) is 0.981. The van der Waals surface area contributed by atoms with E-state index in [1.165, 1.54) is 0 Å². The van der Waals surface area contributed by atoms with Crippen molar-refractivity contribution in [2.24, 2.45) is 5.73 Å². The molecule has 2 N–H and O–H groups in total. The van der Waals surface area contributed by atoms with Crippen molar-refractivity contribution in [2.45, 2.75) is 32.4 Å². The van der Waals surface area contributed by atoms with Gasteiger partial charge in [0, 0.05) is 24.6 Å². The van der Waals surface area contributed by atoms with E-state index in [0.717, 1.165) is 23.0 Å². The number of hydrogen-bond donors (Lipinski definition) is 1. The molecule has 21 heavy (non-hydrogen) atoms. The van der Waals surface area contributed by atoms with Crippen LogP contribution in [0.5, 0.6) is 0 Å². The van der Waals surface area contributed by atoms with Crippen molar-refractivity contribution in [1.29, 1.82) is 0 Å². The van der Waals surface area contributed by atoms with Gasteiger partial charge in [-0.1, -0.05) is 41.1 Å². The highest BCUT2D eigenvalue weighted by atomic mass is 79.9. The summed E-state index contributed by atoms with van der Waals surface area (Å²) in [4.78, 5) is 15.9. The fraction of sp³-hybridized carbons (Fsp3) is 0.562. The Bertz CT molecular complexity index is 463. The molecule has 0 spiro atoms. The lowest BCUT2D eigenvalue weighted by Gasteiger charge is -2.35. The number of likely N-dealkylation sites (N-methyl/N-ethyl adjacent to an activating group) is 1. The summed E-state index contributed by atoms with van der Waals surface area (Å²) in [5.41, 5.74) is 7.37. The highest BCUT2D eigenvalue weighted by Gasteiger charge is 2.27. The molecule has 0 saturated heterocycles. The average molecular weight is 356 g/mol. The molecule has 118 valence electrons. The van der Waals surface area contributed by atoms with Gasteiger partial charge in [-0.15, -0.1) is 0 Å². The summed E-state index contributed by atoms with van der Waals surface area (Å²) in [6, 6.07) is 8.03. The monoisotopic (exact) mass is 355 g/mol. The zero-order valence-electron chi connectivity index (χ0n) is 13.3. The first-order valence-corrected chi connectivity index (χ1v) is 8.12. The Morgan fingerprint density at radius 2 is 1.95 bits per heavy atom. The van der Waals surface area contributed by atoms with Crippen molar-refractivity contribution in [3.63, 3.8) is 0 Å². The summed E-state index contributed by atoms with van der Waals surface area (Å²) >= 11 is 3.60. The van der Waals surface area contributed by atoms with Crippen molar-refractivity contribution < 1.29 is 4.79 Å². The van der Waals surface area contributed by atoms with E-state index in [1.54, 1.807) is 19.0 Å². The molecule has 0 aromatic heterocycles. The first-order valence-electron chi connectivity index (χ1n) is 7.32. The molecule has 0 aliphatic rings. The molecular weight excluding hydrogens is 330 g/mol. The van der Waals surface area contributed by atoms with E-state index in [9.17, 15) is 4.79 Å². The predicted octanol–water partition coefficient (Wildman–Crippen LogP) is 2.64. The number of carbonyl (C=O) groups excluding carboxylic acids is 1. The molecule has 1 aromatic rings. The van der Waals surface area contributed by atoms with E-state index < -0.39 is 0 Å². The van der Waals surface area contributed by atoms with Crippen molar-refractivity contribution in [2.75, 3.05) is 27.2 Å². The van der Waals surface area contributed by atoms with Gasteiger partial charge in [-0.3, -0.25) is 9.69 Å². The van der Waals surface area contributed by atoms with E-state index in [2.05, 4.69) is 33.8 Å². The molecule has 2 atom stereocenters. The number of rotatable bonds is 7. The summed E-state index contributed by atoms with van der Waals surface area (Å²) in [6.45, 7) is 5.33. The molecule has 1 rings (SSSR count). The van der Waals surface area contributed by atoms with Crippen LogP contribution in [0.25, 0.3) is 0 Å². The highest BCUT2D eigenvalue weighted by molar-refractivity contribution is 9.10. The second-order valence-electron chi connectivity index (χ2n) is 5.58. The molecule has 2 unspecified atom stereocenters. The third-order valence-electron chi connectivity index (χ3n) is 3.46. The van der Waals surface area contributed by atoms with Crippen LogP contribution in [0.2, 0.25) is 0 Å². The zero-order chi connectivity index (χ0) is 16.0. The third-order valence-corrected chi connectivity index (χ3v) is 4.19. The SMILES string of the molecule is CCCN(CC(=O)N(C)C)C(c1ccccc1Br)C(C)N. The van der Waals surface area contributed by atoms with Gasteiger partial charge in [-0.2, -0.15) is 0 Å². The van der Waals surface area contributed by atoms with Crippen LogP contribution in [0, 0.1) is 0 Å². The van der Waals surface area contributed by atoms with E-state index in [-0.39, 0.29) is 18.0 Å². The Balaban J connectivity index is 3.09. The number of carbonyl (C=O) groups is 1. The van der Waals surface area contributed by atoms with Crippen molar-refractivity contribution in [3.8, 4) is 0 Å². The van der Waals surface area contributed by atoms with Gasteiger partial charge in [0.2, 0.25) is 5.91 Å². The standard InChI is InChI=1S/C16H26BrN3O/c1-5-10-20(11-15(21)19(3)4)16(12(2)18)13-8-6-7-9-14(13)17/h6-9,12,16H,5,10-11,18H2,1-4H3. The largest absolute Gasteiger partial charge is 0.348 e. The maximum absolute atomic E-state index is 12.1. The lowest BCUT2D eigenvalue weighted by atomic mass is 9.98. The summed E-state index contributed by atoms with van der Waals surface area (Å²) in [5, 5.41) is 0. The number of hydrogen-bond acceptors (Lipinski definition) is 3. The molecule has 0 bridgehead atoms. The lowest BCUT2D eigenvalue weighted by Crippen LogP contribution is -2.45. The molecule has 0 fully saturated rings. The van der Waals surface area contributed by atoms with Gasteiger partial charge in [-0.25, -0.2) is 0 Å². The van der Waals surface area contributed by atoms with Gasteiger partial charge >= 0.3 is 0 Å². The average Bonchev–Trinajstić information content (AvgIpc) is 2.40. The minimum atomic E-state index is -0.0646. The Morgan fingerprint density at radius 3 is 2.43 bits per heavy atom. The van der Waals surface area contributed by atoms with Gasteiger partial charge in [0.05, 0.1) is 12.6 Å². The minimum absolute atomic E-state index is 0.0180. The van der Waals surface area contributed by atoms with E-state index in [4.69, 9.17) is 5.73 Å². The molecular formula is C16H26BrN3O. The van der Waals surface area contributed by atoms with Gasteiger partial charge < -0.3 is 10.6 Å². The summed E-state index contributed by atoms with van der Waals surface area (Å²) < 4.78 is 1.03. The van der Waals surface area contributed by atoms with E-state index >= 15 is 0 Å². The topological polar surface area (TPSA) is 49.6 Å². The van der Waals surface area contributed by atoms with E-state index in [1.807, 2.05) is 25.1 Å². The first-order chi connectivity index (χ1) is 9.88. The second-order valence-corrected chi connectivity index (χ2v) is 6.44. The van der Waals surface area contributed by atoms with Crippen LogP contribution in [-0.4, -0.2) is 48.9 Å². The maximum Gasteiger partial charge on any atom is 0.236 e. The number of amides is 1. The molecule has 0 heterocycles. The Hall–Kier alpha value is -0.910. The van der Waals surface area contributed by atoms with E-state index in [0.29, 0.717) is 6.54 Å². The zero-order valence-corrected chi connectivity index (χ0v) is 14.9. The second kappa shape index (κ2) is 8.51. The number of benzene rings is 1. The Morgan fingerprint density at radius 1 is 1.33 bits per heavy atom. The summed E-state index contributed by atoms with van der Waals surface area (Å²) in [7, 11) is 3.57. The molecule has 0 aliphatic heterocycles. The van der Waals surface area contributed by atoms with Gasteiger partial charge in [0.15, 0.2) is 0 Å². The van der Waals surface area contributed by atoms with Crippen molar-refractivity contribution in [1.82, 2.24) is 9.80 Å². The first kappa shape index (κ1) is 18.1. The number of nitrogens with two attached hydrogens (primary N) is 1. The van der Waals surface area contributed by atoms with Gasteiger partial charge in [0.1, 0.15) is 0 Å².